The lowest BCUT2D eigenvalue weighted by molar-refractivity contribution is -0.226. The number of carbonyl (C=O) groups excluding carboxylic acids is 1. The van der Waals surface area contributed by atoms with Gasteiger partial charge in [-0.2, -0.15) is 13.2 Å². The van der Waals surface area contributed by atoms with E-state index in [1.165, 1.54) is 31.4 Å². The second-order valence-corrected chi connectivity index (χ2v) is 9.51. The monoisotopic (exact) mass is 468 g/mol. The van der Waals surface area contributed by atoms with Crippen LogP contribution in [-0.4, -0.2) is 24.4 Å². The van der Waals surface area contributed by atoms with Crippen molar-refractivity contribution in [1.82, 2.24) is 0 Å². The van der Waals surface area contributed by atoms with Gasteiger partial charge in [0.25, 0.3) is 0 Å². The molecular formula is C23H24ClF3N2O3. The summed E-state index contributed by atoms with van der Waals surface area (Å²) in [5.74, 6) is -0.343. The number of fused-ring (bicyclic) bond motifs is 2. The van der Waals surface area contributed by atoms with Gasteiger partial charge in [-0.3, -0.25) is 10.0 Å². The predicted molar refractivity (Wildman–Crippen MR) is 115 cm³/mol. The third kappa shape index (κ3) is 3.11. The quantitative estimate of drug-likeness (QED) is 0.549. The minimum Gasteiger partial charge on any atom is -0.376 e. The molecule has 1 heterocycles. The first kappa shape index (κ1) is 22.9. The molecule has 172 valence electrons. The molecule has 32 heavy (non-hydrogen) atoms. The van der Waals surface area contributed by atoms with Crippen LogP contribution in [0.1, 0.15) is 48.6 Å². The van der Waals surface area contributed by atoms with Crippen molar-refractivity contribution in [3.05, 3.63) is 57.6 Å². The lowest BCUT2D eigenvalue weighted by atomic mass is 9.62. The standard InChI is InChI=1S/C23H24ClF3N2O3/c1-12-8-9-14-18(19(12)24)20(32-4)21(2,3)11-22(14,23(25,26)27)29(31)16-7-5-6-15-13(16)10-17(30)28-15/h5-9,20,31H,10-11H2,1-4H3,(H,28,30). The van der Waals surface area contributed by atoms with Crippen LogP contribution in [0.3, 0.4) is 0 Å². The number of hydrogen-bond donors (Lipinski definition) is 2. The summed E-state index contributed by atoms with van der Waals surface area (Å²) in [5.41, 5.74) is -2.56. The lowest BCUT2D eigenvalue weighted by Gasteiger charge is -2.53. The molecule has 1 aliphatic heterocycles. The van der Waals surface area contributed by atoms with Crippen molar-refractivity contribution in [2.45, 2.75) is 51.4 Å². The van der Waals surface area contributed by atoms with E-state index in [1.807, 2.05) is 0 Å². The molecule has 0 fully saturated rings. The Hall–Kier alpha value is -2.29. The van der Waals surface area contributed by atoms with E-state index in [4.69, 9.17) is 16.3 Å². The molecule has 2 aromatic rings. The van der Waals surface area contributed by atoms with Crippen molar-refractivity contribution in [2.75, 3.05) is 17.5 Å². The number of alkyl halides is 3. The van der Waals surface area contributed by atoms with E-state index in [9.17, 15) is 10.0 Å². The summed E-state index contributed by atoms with van der Waals surface area (Å²) in [6, 6.07) is 7.36. The largest absolute Gasteiger partial charge is 0.418 e. The molecule has 2 aliphatic rings. The van der Waals surface area contributed by atoms with Crippen LogP contribution in [0.2, 0.25) is 5.02 Å². The number of methoxy groups -OCH3 is 1. The van der Waals surface area contributed by atoms with Crippen LogP contribution in [0.4, 0.5) is 24.5 Å². The Morgan fingerprint density at radius 2 is 1.94 bits per heavy atom. The number of nitrogens with zero attached hydrogens (tertiary/aromatic N) is 1. The van der Waals surface area contributed by atoms with Crippen LogP contribution in [0.15, 0.2) is 30.3 Å². The van der Waals surface area contributed by atoms with Crippen molar-refractivity contribution in [2.24, 2.45) is 5.41 Å². The first-order valence-electron chi connectivity index (χ1n) is 10.1. The van der Waals surface area contributed by atoms with E-state index >= 15 is 13.2 Å². The fraction of sp³-hybridized carbons (Fsp3) is 0.435. The van der Waals surface area contributed by atoms with E-state index in [2.05, 4.69) is 5.32 Å². The summed E-state index contributed by atoms with van der Waals surface area (Å²) in [4.78, 5) is 11.9. The van der Waals surface area contributed by atoms with Gasteiger partial charge in [-0.25, -0.2) is 5.06 Å². The Morgan fingerprint density at radius 1 is 1.25 bits per heavy atom. The molecule has 4 rings (SSSR count). The van der Waals surface area contributed by atoms with E-state index in [0.717, 1.165) is 0 Å². The molecule has 2 aromatic carbocycles. The Morgan fingerprint density at radius 3 is 2.56 bits per heavy atom. The van der Waals surface area contributed by atoms with Gasteiger partial charge >= 0.3 is 6.18 Å². The number of nitrogens with one attached hydrogen (secondary N) is 1. The smallest absolute Gasteiger partial charge is 0.376 e. The van der Waals surface area contributed by atoms with Gasteiger partial charge in [-0.1, -0.05) is 43.6 Å². The molecule has 1 amide bonds. The van der Waals surface area contributed by atoms with E-state index < -0.39 is 29.7 Å². The van der Waals surface area contributed by atoms with Crippen LogP contribution in [0.25, 0.3) is 0 Å². The number of hydrogen-bond acceptors (Lipinski definition) is 4. The van der Waals surface area contributed by atoms with Crippen molar-refractivity contribution >= 4 is 28.9 Å². The number of anilines is 2. The van der Waals surface area contributed by atoms with Gasteiger partial charge in [-0.15, -0.1) is 0 Å². The highest BCUT2D eigenvalue weighted by atomic mass is 35.5. The number of aryl methyl sites for hydroxylation is 1. The molecule has 0 bridgehead atoms. The maximum atomic E-state index is 15.1. The number of halogens is 4. The molecule has 0 radical (unpaired) electrons. The van der Waals surface area contributed by atoms with Crippen molar-refractivity contribution in [3.8, 4) is 0 Å². The highest BCUT2D eigenvalue weighted by Crippen LogP contribution is 2.61. The summed E-state index contributed by atoms with van der Waals surface area (Å²) in [6.07, 6.45) is -6.21. The molecule has 2 N–H and O–H groups in total. The minimum atomic E-state index is -4.89. The Bertz CT molecular complexity index is 1100. The van der Waals surface area contributed by atoms with Crippen LogP contribution in [-0.2, 0) is 21.5 Å². The van der Waals surface area contributed by atoms with Gasteiger partial charge in [0.1, 0.15) is 0 Å². The number of amides is 1. The van der Waals surface area contributed by atoms with Crippen LogP contribution >= 0.6 is 11.6 Å². The Balaban J connectivity index is 2.05. The first-order valence-corrected chi connectivity index (χ1v) is 10.5. The van der Waals surface area contributed by atoms with Gasteiger partial charge in [0.15, 0.2) is 5.54 Å². The SMILES string of the molecule is COC1c2c(ccc(C)c2Cl)C(N(O)c2cccc3c2CC(=O)N3)(C(F)(F)F)CC1(C)C. The van der Waals surface area contributed by atoms with Gasteiger partial charge in [0, 0.05) is 28.9 Å². The second-order valence-electron chi connectivity index (χ2n) is 9.14. The summed E-state index contributed by atoms with van der Waals surface area (Å²) < 4.78 is 50.9. The first-order chi connectivity index (χ1) is 14.8. The summed E-state index contributed by atoms with van der Waals surface area (Å²) in [6.45, 7) is 5.04. The molecule has 2 unspecified atom stereocenters. The molecule has 5 nitrogen and oxygen atoms in total. The average Bonchev–Trinajstić information content (AvgIpc) is 3.08. The lowest BCUT2D eigenvalue weighted by Crippen LogP contribution is -2.60. The zero-order valence-electron chi connectivity index (χ0n) is 18.1. The van der Waals surface area contributed by atoms with Crippen molar-refractivity contribution in [1.29, 1.82) is 0 Å². The zero-order valence-corrected chi connectivity index (χ0v) is 18.9. The number of benzene rings is 2. The number of carbonyl (C=O) groups is 1. The predicted octanol–water partition coefficient (Wildman–Crippen LogP) is 5.91. The summed E-state index contributed by atoms with van der Waals surface area (Å²) in [5, 5.41) is 14.4. The number of ether oxygens (including phenoxy) is 1. The van der Waals surface area contributed by atoms with E-state index in [1.54, 1.807) is 26.8 Å². The molecular weight excluding hydrogens is 445 g/mol. The fourth-order valence-electron chi connectivity index (χ4n) is 5.19. The highest BCUT2D eigenvalue weighted by Gasteiger charge is 2.67. The summed E-state index contributed by atoms with van der Waals surface area (Å²) >= 11 is 6.55. The Labute approximate surface area is 189 Å². The molecule has 0 spiro atoms. The normalized spacial score (nSPS) is 24.0. The van der Waals surface area contributed by atoms with Crippen LogP contribution in [0, 0.1) is 12.3 Å². The number of hydroxylamine groups is 1. The molecule has 0 saturated carbocycles. The number of rotatable bonds is 3. The van der Waals surface area contributed by atoms with Crippen molar-refractivity contribution in [3.63, 3.8) is 0 Å². The van der Waals surface area contributed by atoms with Crippen LogP contribution < -0.4 is 10.4 Å². The average molecular weight is 469 g/mol. The zero-order chi connectivity index (χ0) is 23.6. The maximum absolute atomic E-state index is 15.1. The van der Waals surface area contributed by atoms with Gasteiger partial charge in [0.05, 0.1) is 18.2 Å². The topological polar surface area (TPSA) is 61.8 Å². The van der Waals surface area contributed by atoms with Gasteiger partial charge in [-0.05, 0) is 42.0 Å². The highest BCUT2D eigenvalue weighted by molar-refractivity contribution is 6.32. The molecule has 0 aromatic heterocycles. The Kier molecular flexibility index (Phi) is 5.27. The minimum absolute atomic E-state index is 0.0764. The van der Waals surface area contributed by atoms with Gasteiger partial charge < -0.3 is 10.1 Å². The van der Waals surface area contributed by atoms with E-state index in [-0.39, 0.29) is 39.2 Å². The van der Waals surface area contributed by atoms with E-state index in [0.29, 0.717) is 16.8 Å². The third-order valence-electron chi connectivity index (χ3n) is 6.56. The molecule has 2 atom stereocenters. The molecule has 9 heteroatoms. The molecule has 1 aliphatic carbocycles. The second kappa shape index (κ2) is 7.37. The van der Waals surface area contributed by atoms with Gasteiger partial charge in [0.2, 0.25) is 5.91 Å². The third-order valence-corrected chi connectivity index (χ3v) is 7.06. The fourth-order valence-corrected chi connectivity index (χ4v) is 5.46. The van der Waals surface area contributed by atoms with Crippen molar-refractivity contribution < 1.29 is 27.9 Å². The maximum Gasteiger partial charge on any atom is 0.418 e. The summed E-state index contributed by atoms with van der Waals surface area (Å²) in [7, 11) is 1.44. The van der Waals surface area contributed by atoms with Crippen LogP contribution in [0.5, 0.6) is 0 Å². The molecule has 0 saturated heterocycles.